The highest BCUT2D eigenvalue weighted by Gasteiger charge is 2.27. The fraction of sp³-hybridized carbons (Fsp3) is 0.429. The van der Waals surface area contributed by atoms with Gasteiger partial charge in [0.15, 0.2) is 0 Å². The van der Waals surface area contributed by atoms with Crippen LogP contribution in [0.5, 0.6) is 5.75 Å². The molecule has 1 aliphatic rings. The van der Waals surface area contributed by atoms with Crippen molar-refractivity contribution in [1.82, 2.24) is 4.90 Å². The van der Waals surface area contributed by atoms with Crippen molar-refractivity contribution in [2.75, 3.05) is 20.2 Å². The van der Waals surface area contributed by atoms with Crippen molar-refractivity contribution in [3.05, 3.63) is 28.2 Å². The van der Waals surface area contributed by atoms with E-state index < -0.39 is 0 Å². The van der Waals surface area contributed by atoms with Crippen LogP contribution in [-0.4, -0.2) is 36.9 Å². The number of nitrogens with zero attached hydrogens (tertiary/aromatic N) is 1. The van der Waals surface area contributed by atoms with Crippen molar-refractivity contribution in [3.63, 3.8) is 0 Å². The van der Waals surface area contributed by atoms with E-state index in [0.717, 1.165) is 4.47 Å². The Morgan fingerprint density at radius 3 is 2.55 bits per heavy atom. The molecular formula is C14H17BrN2O3. The molecule has 0 radical (unpaired) electrons. The van der Waals surface area contributed by atoms with Gasteiger partial charge in [-0.2, -0.15) is 0 Å². The molecule has 0 spiro atoms. The maximum Gasteiger partial charge on any atom is 0.257 e. The number of ether oxygens (including phenoxy) is 1. The summed E-state index contributed by atoms with van der Waals surface area (Å²) in [6.07, 6.45) is 1.25. The lowest BCUT2D eigenvalue weighted by Gasteiger charge is -2.31. The van der Waals surface area contributed by atoms with Crippen LogP contribution in [0.2, 0.25) is 0 Å². The molecule has 1 aliphatic heterocycles. The van der Waals surface area contributed by atoms with Gasteiger partial charge in [0.25, 0.3) is 5.91 Å². The van der Waals surface area contributed by atoms with Gasteiger partial charge >= 0.3 is 0 Å². The van der Waals surface area contributed by atoms with Gasteiger partial charge in [-0.25, -0.2) is 0 Å². The molecule has 108 valence electrons. The van der Waals surface area contributed by atoms with Crippen molar-refractivity contribution >= 4 is 27.7 Å². The van der Waals surface area contributed by atoms with E-state index in [0.29, 0.717) is 37.2 Å². The zero-order valence-corrected chi connectivity index (χ0v) is 12.9. The second kappa shape index (κ2) is 6.26. The van der Waals surface area contributed by atoms with Crippen LogP contribution >= 0.6 is 15.9 Å². The van der Waals surface area contributed by atoms with Crippen LogP contribution in [-0.2, 0) is 4.79 Å². The standard InChI is InChI=1S/C14H17BrN2O3/c1-20-12-8-10(15)2-3-11(12)14(19)17-6-4-9(5-7-17)13(16)18/h2-3,8-9H,4-7H2,1H3,(H2,16,18). The Balaban J connectivity index is 2.11. The molecule has 6 heteroatoms. The Labute approximate surface area is 126 Å². The predicted octanol–water partition coefficient (Wildman–Crippen LogP) is 1.80. The van der Waals surface area contributed by atoms with Crippen LogP contribution in [0.4, 0.5) is 0 Å². The molecular weight excluding hydrogens is 324 g/mol. The quantitative estimate of drug-likeness (QED) is 0.911. The Morgan fingerprint density at radius 1 is 1.35 bits per heavy atom. The Morgan fingerprint density at radius 2 is 2.00 bits per heavy atom. The van der Waals surface area contributed by atoms with Gasteiger partial charge in [-0.15, -0.1) is 0 Å². The van der Waals surface area contributed by atoms with E-state index in [4.69, 9.17) is 10.5 Å². The SMILES string of the molecule is COc1cc(Br)ccc1C(=O)N1CCC(C(N)=O)CC1. The highest BCUT2D eigenvalue weighted by atomic mass is 79.9. The number of hydrogen-bond acceptors (Lipinski definition) is 3. The summed E-state index contributed by atoms with van der Waals surface area (Å²) in [4.78, 5) is 25.4. The van der Waals surface area contributed by atoms with E-state index in [1.54, 1.807) is 17.0 Å². The maximum absolute atomic E-state index is 12.5. The number of methoxy groups -OCH3 is 1. The lowest BCUT2D eigenvalue weighted by Crippen LogP contribution is -2.41. The molecule has 0 saturated carbocycles. The number of carbonyl (C=O) groups excluding carboxylic acids is 2. The van der Waals surface area contributed by atoms with Gasteiger partial charge < -0.3 is 15.4 Å². The van der Waals surface area contributed by atoms with E-state index in [1.165, 1.54) is 7.11 Å². The molecule has 1 fully saturated rings. The molecule has 1 heterocycles. The van der Waals surface area contributed by atoms with Crippen LogP contribution < -0.4 is 10.5 Å². The van der Waals surface area contributed by atoms with Crippen LogP contribution in [0.1, 0.15) is 23.2 Å². The van der Waals surface area contributed by atoms with Crippen LogP contribution in [0.3, 0.4) is 0 Å². The minimum atomic E-state index is -0.279. The monoisotopic (exact) mass is 340 g/mol. The second-order valence-electron chi connectivity index (χ2n) is 4.81. The molecule has 0 bridgehead atoms. The van der Waals surface area contributed by atoms with Gasteiger partial charge in [0.2, 0.25) is 5.91 Å². The molecule has 0 aliphatic carbocycles. The number of carbonyl (C=O) groups is 2. The molecule has 5 nitrogen and oxygen atoms in total. The Hall–Kier alpha value is -1.56. The maximum atomic E-state index is 12.5. The van der Waals surface area contributed by atoms with Crippen molar-refractivity contribution in [1.29, 1.82) is 0 Å². The molecule has 0 atom stereocenters. The summed E-state index contributed by atoms with van der Waals surface area (Å²) >= 11 is 3.35. The van der Waals surface area contributed by atoms with E-state index in [1.807, 2.05) is 6.07 Å². The number of halogens is 1. The minimum Gasteiger partial charge on any atom is -0.496 e. The molecule has 20 heavy (non-hydrogen) atoms. The summed E-state index contributed by atoms with van der Waals surface area (Å²) in [5, 5.41) is 0. The largest absolute Gasteiger partial charge is 0.496 e. The summed E-state index contributed by atoms with van der Waals surface area (Å²) in [5.74, 6) is 0.0721. The lowest BCUT2D eigenvalue weighted by atomic mass is 9.96. The van der Waals surface area contributed by atoms with E-state index in [9.17, 15) is 9.59 Å². The summed E-state index contributed by atoms with van der Waals surface area (Å²) in [6, 6.07) is 5.32. The van der Waals surface area contributed by atoms with Crippen LogP contribution in [0, 0.1) is 5.92 Å². The molecule has 2 amide bonds. The number of rotatable bonds is 3. The topological polar surface area (TPSA) is 72.6 Å². The highest BCUT2D eigenvalue weighted by molar-refractivity contribution is 9.10. The van der Waals surface area contributed by atoms with Crippen molar-refractivity contribution in [2.24, 2.45) is 11.7 Å². The van der Waals surface area contributed by atoms with Crippen molar-refractivity contribution in [2.45, 2.75) is 12.8 Å². The minimum absolute atomic E-state index is 0.0720. The van der Waals surface area contributed by atoms with Crippen LogP contribution in [0.25, 0.3) is 0 Å². The highest BCUT2D eigenvalue weighted by Crippen LogP contribution is 2.26. The first kappa shape index (κ1) is 14.8. The third-order valence-corrected chi connectivity index (χ3v) is 4.07. The van der Waals surface area contributed by atoms with Crippen LogP contribution in [0.15, 0.2) is 22.7 Å². The average molecular weight is 341 g/mol. The molecule has 2 rings (SSSR count). The summed E-state index contributed by atoms with van der Waals surface area (Å²) in [5.41, 5.74) is 5.83. The van der Waals surface area contributed by atoms with E-state index in [-0.39, 0.29) is 17.7 Å². The zero-order chi connectivity index (χ0) is 14.7. The molecule has 0 aromatic heterocycles. The fourth-order valence-electron chi connectivity index (χ4n) is 2.38. The first-order valence-electron chi connectivity index (χ1n) is 6.45. The van der Waals surface area contributed by atoms with Gasteiger partial charge in [0, 0.05) is 23.5 Å². The smallest absolute Gasteiger partial charge is 0.257 e. The Kier molecular flexibility index (Phi) is 4.65. The van der Waals surface area contributed by atoms with Gasteiger partial charge in [-0.1, -0.05) is 15.9 Å². The lowest BCUT2D eigenvalue weighted by molar-refractivity contribution is -0.123. The zero-order valence-electron chi connectivity index (χ0n) is 11.3. The van der Waals surface area contributed by atoms with Gasteiger partial charge in [-0.05, 0) is 31.0 Å². The Bertz CT molecular complexity index is 525. The van der Waals surface area contributed by atoms with E-state index >= 15 is 0 Å². The number of benzene rings is 1. The number of hydrogen-bond donors (Lipinski definition) is 1. The summed E-state index contributed by atoms with van der Waals surface area (Å²) in [6.45, 7) is 1.09. The number of likely N-dealkylation sites (tertiary alicyclic amines) is 1. The molecule has 2 N–H and O–H groups in total. The summed E-state index contributed by atoms with van der Waals surface area (Å²) in [7, 11) is 1.54. The number of amides is 2. The third kappa shape index (κ3) is 3.12. The fourth-order valence-corrected chi connectivity index (χ4v) is 2.72. The first-order valence-corrected chi connectivity index (χ1v) is 7.24. The van der Waals surface area contributed by atoms with Crippen molar-refractivity contribution in [3.8, 4) is 5.75 Å². The molecule has 1 saturated heterocycles. The molecule has 1 aromatic carbocycles. The summed E-state index contributed by atoms with van der Waals surface area (Å²) < 4.78 is 6.11. The molecule has 0 unspecified atom stereocenters. The first-order chi connectivity index (χ1) is 9.52. The van der Waals surface area contributed by atoms with Crippen molar-refractivity contribution < 1.29 is 14.3 Å². The normalized spacial score (nSPS) is 16.0. The van der Waals surface area contributed by atoms with E-state index in [2.05, 4.69) is 15.9 Å². The van der Waals surface area contributed by atoms with Gasteiger partial charge in [-0.3, -0.25) is 9.59 Å². The number of piperidine rings is 1. The second-order valence-corrected chi connectivity index (χ2v) is 5.73. The predicted molar refractivity (Wildman–Crippen MR) is 78.5 cm³/mol. The number of nitrogens with two attached hydrogens (primary N) is 1. The van der Waals surface area contributed by atoms with Gasteiger partial charge in [0.1, 0.15) is 5.75 Å². The third-order valence-electron chi connectivity index (χ3n) is 3.58. The van der Waals surface area contributed by atoms with Gasteiger partial charge in [0.05, 0.1) is 12.7 Å². The molecule has 1 aromatic rings. The number of primary amides is 1. The average Bonchev–Trinajstić information content (AvgIpc) is 2.46.